The van der Waals surface area contributed by atoms with Gasteiger partial charge in [-0.15, -0.1) is 0 Å². The van der Waals surface area contributed by atoms with Crippen LogP contribution in [-0.4, -0.2) is 136 Å². The molecule has 374 valence electrons. The molecular formula is C39H34Li2N7Na3O19S5. The molecule has 8 N–H and O–H groups in total. The molecule has 4 aromatic rings. The Morgan fingerprint density at radius 2 is 1.13 bits per heavy atom. The van der Waals surface area contributed by atoms with Crippen LogP contribution in [0.1, 0.15) is 43.0 Å². The van der Waals surface area contributed by atoms with Crippen LogP contribution in [-0.2, 0) is 50.6 Å². The number of anilines is 4. The summed E-state index contributed by atoms with van der Waals surface area (Å²) in [5.41, 5.74) is 10.4. The minimum Gasteiger partial charge on any atom is -0.744 e. The predicted molar refractivity (Wildman–Crippen MR) is 245 cm³/mol. The molecule has 0 atom stereocenters. The normalized spacial score (nSPS) is 14.5. The van der Waals surface area contributed by atoms with E-state index in [1.54, 1.807) is 0 Å². The van der Waals surface area contributed by atoms with E-state index in [0.29, 0.717) is 37.4 Å². The monoisotopic (exact) mass is 1150 g/mol. The van der Waals surface area contributed by atoms with Crippen LogP contribution in [0.2, 0.25) is 0 Å². The second-order valence-electron chi connectivity index (χ2n) is 14.5. The van der Waals surface area contributed by atoms with E-state index in [4.69, 9.17) is 21.7 Å². The summed E-state index contributed by atoms with van der Waals surface area (Å²) in [4.78, 5) is 23.0. The number of carbonyl (C=O) groups excluding carboxylic acids is 2. The van der Waals surface area contributed by atoms with Crippen LogP contribution in [0.25, 0.3) is 24.3 Å². The first kappa shape index (κ1) is 72.6. The first-order valence-corrected chi connectivity index (χ1v) is 26.1. The molecule has 2 aliphatic rings. The van der Waals surface area contributed by atoms with Gasteiger partial charge in [0.15, 0.2) is 0 Å². The number of fused-ring (bicyclic) bond motifs is 2. The molecule has 6 rings (SSSR count). The number of likely N-dealkylation sites (N-methyl/N-ethyl adjacent to an activating group) is 1. The fourth-order valence-corrected chi connectivity index (χ4v) is 9.53. The zero-order valence-corrected chi connectivity index (χ0v) is 50.4. The van der Waals surface area contributed by atoms with E-state index in [2.05, 4.69) is 21.1 Å². The Kier molecular flexibility index (Phi) is 28.2. The maximum Gasteiger partial charge on any atom is 1.00 e. The molecule has 2 aliphatic carbocycles. The number of aliphatic hydroxyl groups is 2. The minimum absolute atomic E-state index is 0. The van der Waals surface area contributed by atoms with Crippen molar-refractivity contribution in [3.8, 4) is 0 Å². The molecule has 36 heteroatoms. The molecule has 0 saturated heterocycles. The molecule has 0 saturated carbocycles. The summed E-state index contributed by atoms with van der Waals surface area (Å²) < 4.78 is 181. The number of nitrogen functional groups attached to an aromatic ring is 2. The van der Waals surface area contributed by atoms with Gasteiger partial charge in [-0.25, -0.2) is 42.1 Å². The number of aliphatic hydroxyl groups excluding tert-OH is 2. The zero-order chi connectivity index (χ0) is 52.3. The Bertz CT molecular complexity index is 3600. The van der Waals surface area contributed by atoms with Crippen LogP contribution in [0.3, 0.4) is 0 Å². The SMILES string of the molecule is CN(CCO)CCO.Nc1ccc2c(c1)C(=O)/C(=N\Nc1ccc(/C=C/c3ccc(N/N=C4/C(=O)c5c(N)cc(S(=O)(=O)[O-])cc5C=C4S(=O)(=O)[O-])cc3S(=O)(=O)[O-])cc1S(=O)(=O)[O-])C(S(=O)(=O)[O-])=C2.[Li+].[Li+].[Na+].[Na+].[Na+]. The first-order chi connectivity index (χ1) is 32.3. The molecule has 0 fully saturated rings. The van der Waals surface area contributed by atoms with Gasteiger partial charge in [0.05, 0.1) is 54.6 Å². The zero-order valence-electron chi connectivity index (χ0n) is 40.4. The molecule has 4 aromatic carbocycles. The molecule has 0 bridgehead atoms. The summed E-state index contributed by atoms with van der Waals surface area (Å²) in [6.45, 7) is 1.61. The Hall–Kier alpha value is -2.40. The van der Waals surface area contributed by atoms with Gasteiger partial charge in [0.25, 0.3) is 0 Å². The summed E-state index contributed by atoms with van der Waals surface area (Å²) in [5.74, 6) is -2.43. The van der Waals surface area contributed by atoms with Crippen molar-refractivity contribution in [2.24, 2.45) is 10.2 Å². The number of allylic oxidation sites excluding steroid dienone is 2. The number of hydrazone groups is 2. The van der Waals surface area contributed by atoms with Crippen molar-refractivity contribution in [2.45, 2.75) is 14.7 Å². The number of rotatable bonds is 15. The summed E-state index contributed by atoms with van der Waals surface area (Å²) in [7, 11) is -25.0. The van der Waals surface area contributed by atoms with Gasteiger partial charge in [-0.3, -0.25) is 20.4 Å². The van der Waals surface area contributed by atoms with Gasteiger partial charge in [0, 0.05) is 30.0 Å². The van der Waals surface area contributed by atoms with E-state index in [9.17, 15) is 74.4 Å². The van der Waals surface area contributed by atoms with Crippen LogP contribution in [0.5, 0.6) is 0 Å². The van der Waals surface area contributed by atoms with E-state index in [1.807, 2.05) is 11.9 Å². The van der Waals surface area contributed by atoms with E-state index >= 15 is 0 Å². The van der Waals surface area contributed by atoms with Crippen LogP contribution in [0.4, 0.5) is 22.7 Å². The maximum atomic E-state index is 13.3. The molecule has 0 heterocycles. The number of Topliss-reactive ketones (excluding diaryl/α,β-unsaturated/α-hetero) is 2. The molecule has 0 aliphatic heterocycles. The average molecular weight is 1150 g/mol. The van der Waals surface area contributed by atoms with E-state index in [0.717, 1.165) is 48.6 Å². The number of hydrogen-bond donors (Lipinski definition) is 6. The van der Waals surface area contributed by atoms with Crippen LogP contribution >= 0.6 is 0 Å². The number of carbonyl (C=O) groups is 2. The Labute approximate surface area is 520 Å². The van der Waals surface area contributed by atoms with Crippen LogP contribution in [0, 0.1) is 0 Å². The van der Waals surface area contributed by atoms with Gasteiger partial charge in [0.1, 0.15) is 62.0 Å². The van der Waals surface area contributed by atoms with Crippen molar-refractivity contribution < 1.29 is 211 Å². The molecule has 0 amide bonds. The number of nitrogens with one attached hydrogen (secondary N) is 2. The molecule has 0 unspecified atom stereocenters. The van der Waals surface area contributed by atoms with Crippen molar-refractivity contribution in [2.75, 3.05) is 55.7 Å². The van der Waals surface area contributed by atoms with E-state index in [-0.39, 0.29) is 168 Å². The number of benzene rings is 4. The largest absolute Gasteiger partial charge is 1.00 e. The molecule has 0 spiro atoms. The van der Waals surface area contributed by atoms with Crippen molar-refractivity contribution in [3.63, 3.8) is 0 Å². The summed E-state index contributed by atoms with van der Waals surface area (Å²) in [6.07, 6.45) is 3.41. The number of nitrogens with zero attached hydrogens (tertiary/aromatic N) is 3. The summed E-state index contributed by atoms with van der Waals surface area (Å²) >= 11 is 0. The first-order valence-electron chi connectivity index (χ1n) is 19.0. The third-order valence-electron chi connectivity index (χ3n) is 9.58. The third kappa shape index (κ3) is 18.9. The predicted octanol–water partition coefficient (Wildman–Crippen LogP) is -15.2. The Balaban J connectivity index is 0.00000389. The number of hydrogen-bond acceptors (Lipinski definition) is 26. The third-order valence-corrected chi connectivity index (χ3v) is 13.9. The molecule has 26 nitrogen and oxygen atoms in total. The second-order valence-corrected chi connectivity index (χ2v) is 21.3. The fraction of sp³-hybridized carbons (Fsp3) is 0.128. The van der Waals surface area contributed by atoms with Gasteiger partial charge in [-0.1, -0.05) is 30.4 Å². The van der Waals surface area contributed by atoms with Crippen LogP contribution in [0.15, 0.2) is 101 Å². The molecular weight excluding hydrogens is 1110 g/mol. The molecule has 75 heavy (non-hydrogen) atoms. The van der Waals surface area contributed by atoms with Crippen molar-refractivity contribution >= 4 is 121 Å². The van der Waals surface area contributed by atoms with E-state index in [1.165, 1.54) is 18.2 Å². The summed E-state index contributed by atoms with van der Waals surface area (Å²) in [5, 5.41) is 23.9. The molecule has 0 radical (unpaired) electrons. The van der Waals surface area contributed by atoms with Gasteiger partial charge in [0.2, 0.25) is 11.6 Å². The number of ketones is 2. The Morgan fingerprint density at radius 3 is 1.65 bits per heavy atom. The van der Waals surface area contributed by atoms with Crippen molar-refractivity contribution in [3.05, 3.63) is 110 Å². The molecule has 0 aromatic heterocycles. The van der Waals surface area contributed by atoms with Gasteiger partial charge in [-0.05, 0) is 90.0 Å². The van der Waals surface area contributed by atoms with Crippen molar-refractivity contribution in [1.29, 1.82) is 0 Å². The van der Waals surface area contributed by atoms with E-state index < -0.39 is 126 Å². The average Bonchev–Trinajstić information content (AvgIpc) is 3.24. The second kappa shape index (κ2) is 29.2. The summed E-state index contributed by atoms with van der Waals surface area (Å²) in [6, 6.07) is 10.5. The topological polar surface area (TPSA) is 465 Å². The Morgan fingerprint density at radius 1 is 0.600 bits per heavy atom. The minimum atomic E-state index is -5.56. The fourth-order valence-electron chi connectivity index (χ4n) is 6.33. The number of nitrogens with two attached hydrogens (primary N) is 2. The van der Waals surface area contributed by atoms with Crippen LogP contribution < -0.4 is 149 Å². The smallest absolute Gasteiger partial charge is 0.744 e. The van der Waals surface area contributed by atoms with Gasteiger partial charge >= 0.3 is 126 Å². The quantitative estimate of drug-likeness (QED) is 0.0212. The maximum absolute atomic E-state index is 13.3. The standard InChI is InChI=1S/C34H26N6O17S5.C5H13NO2.2Li.3Na/c35-20-6-4-18-11-28(61(52,53)54)31(33(41)23(18)13-20)40-38-25-8-2-16(9-27(25)60(49,50)51)1-3-17-5-7-21(14-26(17)59(46,47)48)37-39-32-29(62(55,56)57)12-19-10-22(58(43,44)45)15-24(36)30(19)34(32)42;1-6(2-4-7)3-5-8;;;;;/h1-15,37-38H,35-36H2,(H,43,44,45)(H,46,47,48)(H,49,50,51)(H,52,53,54)(H,55,56,57);7-8H,2-5H2,1H3;;;;;/q;;5*+1/p-5/b3-1+,39-32+,40-31-;;;;;;. The van der Waals surface area contributed by atoms with Gasteiger partial charge in [-0.2, -0.15) is 10.2 Å². The van der Waals surface area contributed by atoms with Crippen molar-refractivity contribution in [1.82, 2.24) is 4.90 Å². The van der Waals surface area contributed by atoms with Gasteiger partial charge < -0.3 is 49.3 Å².